The van der Waals surface area contributed by atoms with E-state index in [0.29, 0.717) is 47.5 Å². The third-order valence-electron chi connectivity index (χ3n) is 4.66. The molecule has 2 aromatic carbocycles. The molecule has 1 fully saturated rings. The molecule has 0 saturated carbocycles. The number of nitrogens with zero attached hydrogens (tertiary/aromatic N) is 1. The fraction of sp³-hybridized carbons (Fsp3) is 0.316. The number of methoxy groups -OCH3 is 1. The summed E-state index contributed by atoms with van der Waals surface area (Å²) < 4.78 is 31.9. The Labute approximate surface area is 169 Å². The average Bonchev–Trinajstić information content (AvgIpc) is 2.69. The summed E-state index contributed by atoms with van der Waals surface area (Å²) in [6, 6.07) is 13.5. The molecule has 1 heterocycles. The maximum Gasteiger partial charge on any atom is 0.279 e. The summed E-state index contributed by atoms with van der Waals surface area (Å²) in [4.78, 5) is 13.6. The zero-order valence-electron chi connectivity index (χ0n) is 15.5. The van der Waals surface area contributed by atoms with Crippen LogP contribution >= 0.6 is 11.6 Å². The Balaban J connectivity index is 1.53. The Morgan fingerprint density at radius 2 is 1.86 bits per heavy atom. The Kier molecular flexibility index (Phi) is 6.56. The summed E-state index contributed by atoms with van der Waals surface area (Å²) in [5.74, 6) is 0.400. The molecule has 2 aromatic rings. The third kappa shape index (κ3) is 4.82. The molecule has 150 valence electrons. The van der Waals surface area contributed by atoms with Crippen molar-refractivity contribution < 1.29 is 22.8 Å². The number of carbonyl (C=O) groups excluding carboxylic acids is 1. The number of sulfonamides is 1. The van der Waals surface area contributed by atoms with Crippen LogP contribution in [-0.2, 0) is 14.8 Å². The van der Waals surface area contributed by atoms with Gasteiger partial charge in [0.2, 0.25) is 10.0 Å². The van der Waals surface area contributed by atoms with Crippen molar-refractivity contribution in [1.29, 1.82) is 0 Å². The van der Waals surface area contributed by atoms with Crippen LogP contribution in [0.5, 0.6) is 5.75 Å². The van der Waals surface area contributed by atoms with Gasteiger partial charge >= 0.3 is 0 Å². The number of piperazine rings is 1. The zero-order valence-corrected chi connectivity index (χ0v) is 17.1. The van der Waals surface area contributed by atoms with Gasteiger partial charge in [-0.1, -0.05) is 29.8 Å². The van der Waals surface area contributed by atoms with Gasteiger partial charge in [-0.3, -0.25) is 4.79 Å². The smallest absolute Gasteiger partial charge is 0.279 e. The van der Waals surface area contributed by atoms with Gasteiger partial charge in [-0.2, -0.15) is 4.31 Å². The first-order valence-electron chi connectivity index (χ1n) is 8.92. The van der Waals surface area contributed by atoms with Gasteiger partial charge in [-0.15, -0.1) is 0 Å². The highest BCUT2D eigenvalue weighted by atomic mass is 35.5. The molecule has 1 aliphatic heterocycles. The molecule has 0 unspecified atom stereocenters. The fourth-order valence-electron chi connectivity index (χ4n) is 3.14. The minimum absolute atomic E-state index is 0.143. The predicted molar refractivity (Wildman–Crippen MR) is 107 cm³/mol. The van der Waals surface area contributed by atoms with E-state index < -0.39 is 10.0 Å². The molecule has 0 bridgehead atoms. The predicted octanol–water partition coefficient (Wildman–Crippen LogP) is 0.877. The normalized spacial score (nSPS) is 15.9. The summed E-state index contributed by atoms with van der Waals surface area (Å²) in [7, 11) is -1.95. The number of nitrogens with one attached hydrogen (secondary N) is 2. The van der Waals surface area contributed by atoms with Crippen LogP contribution in [0.25, 0.3) is 0 Å². The van der Waals surface area contributed by atoms with E-state index in [0.717, 1.165) is 4.90 Å². The second kappa shape index (κ2) is 8.91. The number of halogens is 1. The van der Waals surface area contributed by atoms with Crippen LogP contribution in [0.15, 0.2) is 53.4 Å². The van der Waals surface area contributed by atoms with Crippen LogP contribution in [0, 0.1) is 0 Å². The fourth-order valence-corrected chi connectivity index (χ4v) is 4.86. The molecule has 0 radical (unpaired) electrons. The highest BCUT2D eigenvalue weighted by Gasteiger charge is 2.31. The molecule has 3 rings (SSSR count). The van der Waals surface area contributed by atoms with Crippen molar-refractivity contribution >= 4 is 33.2 Å². The van der Waals surface area contributed by atoms with Crippen molar-refractivity contribution in [2.24, 2.45) is 0 Å². The van der Waals surface area contributed by atoms with Crippen molar-refractivity contribution in [2.75, 3.05) is 45.2 Å². The van der Waals surface area contributed by atoms with Crippen LogP contribution in [0.2, 0.25) is 5.02 Å². The van der Waals surface area contributed by atoms with E-state index in [4.69, 9.17) is 16.3 Å². The maximum atomic E-state index is 12.7. The quantitative estimate of drug-likeness (QED) is 0.721. The number of quaternary nitrogens is 1. The monoisotopic (exact) mass is 424 g/mol. The standard InChI is InChI=1S/C19H22ClN3O4S/c1-27-18-8-7-15(13-17(18)20)21-19(24)14-22-9-11-23(12-10-22)28(25,26)16-5-3-2-4-6-16/h2-8,13H,9-12,14H2,1H3,(H,21,24)/p+1. The molecule has 0 aliphatic carbocycles. The van der Waals surface area contributed by atoms with Gasteiger partial charge in [-0.05, 0) is 30.3 Å². The molecule has 28 heavy (non-hydrogen) atoms. The van der Waals surface area contributed by atoms with Crippen molar-refractivity contribution in [3.8, 4) is 5.75 Å². The molecule has 0 spiro atoms. The van der Waals surface area contributed by atoms with E-state index in [2.05, 4.69) is 5.32 Å². The molecule has 1 aliphatic rings. The van der Waals surface area contributed by atoms with Gasteiger partial charge in [0.25, 0.3) is 5.91 Å². The number of hydrogen-bond acceptors (Lipinski definition) is 4. The lowest BCUT2D eigenvalue weighted by Gasteiger charge is -2.31. The number of ether oxygens (including phenoxy) is 1. The van der Waals surface area contributed by atoms with Crippen LogP contribution in [-0.4, -0.2) is 58.5 Å². The van der Waals surface area contributed by atoms with Gasteiger partial charge in [0, 0.05) is 5.69 Å². The number of hydrogen-bond donors (Lipinski definition) is 2. The van der Waals surface area contributed by atoms with Crippen LogP contribution < -0.4 is 15.0 Å². The van der Waals surface area contributed by atoms with E-state index in [1.807, 2.05) is 0 Å². The maximum absolute atomic E-state index is 12.7. The highest BCUT2D eigenvalue weighted by Crippen LogP contribution is 2.27. The lowest BCUT2D eigenvalue weighted by atomic mass is 10.3. The summed E-state index contributed by atoms with van der Waals surface area (Å²) >= 11 is 6.07. The largest absolute Gasteiger partial charge is 0.495 e. The van der Waals surface area contributed by atoms with E-state index in [9.17, 15) is 13.2 Å². The molecule has 2 N–H and O–H groups in total. The summed E-state index contributed by atoms with van der Waals surface area (Å²) in [6.07, 6.45) is 0. The number of carbonyl (C=O) groups is 1. The first kappa shape index (κ1) is 20.6. The molecular weight excluding hydrogens is 402 g/mol. The van der Waals surface area contributed by atoms with E-state index in [1.54, 1.807) is 48.5 Å². The Morgan fingerprint density at radius 3 is 2.46 bits per heavy atom. The molecular formula is C19H23ClN3O4S+. The average molecular weight is 425 g/mol. The second-order valence-electron chi connectivity index (χ2n) is 6.54. The van der Waals surface area contributed by atoms with Crippen molar-refractivity contribution in [3.63, 3.8) is 0 Å². The molecule has 7 nitrogen and oxygen atoms in total. The van der Waals surface area contributed by atoms with Crippen LogP contribution in [0.3, 0.4) is 0 Å². The zero-order chi connectivity index (χ0) is 20.1. The molecule has 0 atom stereocenters. The first-order chi connectivity index (χ1) is 13.4. The van der Waals surface area contributed by atoms with Gasteiger partial charge in [-0.25, -0.2) is 8.42 Å². The first-order valence-corrected chi connectivity index (χ1v) is 10.7. The van der Waals surface area contributed by atoms with Crippen LogP contribution in [0.1, 0.15) is 0 Å². The lowest BCUT2D eigenvalue weighted by Crippen LogP contribution is -3.15. The van der Waals surface area contributed by atoms with Gasteiger partial charge in [0.1, 0.15) is 5.75 Å². The van der Waals surface area contributed by atoms with Crippen LogP contribution in [0.4, 0.5) is 5.69 Å². The van der Waals surface area contributed by atoms with Gasteiger partial charge in [0.15, 0.2) is 6.54 Å². The lowest BCUT2D eigenvalue weighted by molar-refractivity contribution is -0.895. The highest BCUT2D eigenvalue weighted by molar-refractivity contribution is 7.89. The van der Waals surface area contributed by atoms with Crippen molar-refractivity contribution in [3.05, 3.63) is 53.6 Å². The van der Waals surface area contributed by atoms with Crippen molar-refractivity contribution in [1.82, 2.24) is 4.31 Å². The minimum atomic E-state index is -3.48. The Hall–Kier alpha value is -2.13. The number of rotatable bonds is 6. The summed E-state index contributed by atoms with van der Waals surface area (Å²) in [6.45, 7) is 2.18. The molecule has 1 amide bonds. The SMILES string of the molecule is COc1ccc(NC(=O)C[NH+]2CCN(S(=O)(=O)c3ccccc3)CC2)cc1Cl. The van der Waals surface area contributed by atoms with E-state index >= 15 is 0 Å². The van der Waals surface area contributed by atoms with E-state index in [-0.39, 0.29) is 12.5 Å². The Morgan fingerprint density at radius 1 is 1.18 bits per heavy atom. The summed E-state index contributed by atoms with van der Waals surface area (Å²) in [5, 5.41) is 3.24. The third-order valence-corrected chi connectivity index (χ3v) is 6.86. The number of benzene rings is 2. The molecule has 9 heteroatoms. The number of anilines is 1. The summed E-state index contributed by atoms with van der Waals surface area (Å²) in [5.41, 5.74) is 0.598. The second-order valence-corrected chi connectivity index (χ2v) is 8.89. The van der Waals surface area contributed by atoms with Gasteiger partial charge in [0.05, 0.1) is 43.2 Å². The molecule has 0 aromatic heterocycles. The topological polar surface area (TPSA) is 80.2 Å². The minimum Gasteiger partial charge on any atom is -0.495 e. The van der Waals surface area contributed by atoms with Gasteiger partial charge < -0.3 is 15.0 Å². The van der Waals surface area contributed by atoms with Crippen molar-refractivity contribution in [2.45, 2.75) is 4.90 Å². The number of amides is 1. The molecule has 1 saturated heterocycles. The Bertz CT molecular complexity index is 929. The van der Waals surface area contributed by atoms with E-state index in [1.165, 1.54) is 11.4 Å².